The second kappa shape index (κ2) is 9.45. The van der Waals surface area contributed by atoms with Crippen LogP contribution >= 0.6 is 27.5 Å². The van der Waals surface area contributed by atoms with Crippen LogP contribution in [0.5, 0.6) is 11.5 Å². The normalized spacial score (nSPS) is 11.0. The van der Waals surface area contributed by atoms with Crippen LogP contribution in [-0.2, 0) is 6.61 Å². The average molecular weight is 455 g/mol. The highest BCUT2D eigenvalue weighted by molar-refractivity contribution is 9.10. The number of nitriles is 1. The van der Waals surface area contributed by atoms with E-state index in [0.29, 0.717) is 23.0 Å². The Kier molecular flexibility index (Phi) is 6.76. The predicted octanol–water partition coefficient (Wildman–Crippen LogP) is 6.75. The minimum atomic E-state index is 0.417. The van der Waals surface area contributed by atoms with Crippen molar-refractivity contribution in [2.75, 3.05) is 7.11 Å². The number of benzene rings is 3. The van der Waals surface area contributed by atoms with Gasteiger partial charge in [-0.15, -0.1) is 0 Å². The molecule has 0 saturated carbocycles. The molecule has 0 aliphatic heterocycles. The fraction of sp³-hybridized carbons (Fsp3) is 0.0870. The summed E-state index contributed by atoms with van der Waals surface area (Å²) >= 11 is 9.60. The maximum Gasteiger partial charge on any atom is 0.127 e. The van der Waals surface area contributed by atoms with Crippen LogP contribution in [0.3, 0.4) is 0 Å². The third-order valence-corrected chi connectivity index (χ3v) is 4.86. The molecule has 0 atom stereocenters. The smallest absolute Gasteiger partial charge is 0.127 e. The van der Waals surface area contributed by atoms with E-state index in [-0.39, 0.29) is 0 Å². The van der Waals surface area contributed by atoms with Gasteiger partial charge in [0.25, 0.3) is 0 Å². The van der Waals surface area contributed by atoms with Crippen molar-refractivity contribution in [3.63, 3.8) is 0 Å². The van der Waals surface area contributed by atoms with E-state index in [1.54, 1.807) is 25.3 Å². The zero-order chi connectivity index (χ0) is 19.9. The fourth-order valence-corrected chi connectivity index (χ4v) is 3.06. The highest BCUT2D eigenvalue weighted by Gasteiger charge is 2.08. The Morgan fingerprint density at radius 3 is 2.43 bits per heavy atom. The molecule has 0 aromatic heterocycles. The van der Waals surface area contributed by atoms with E-state index in [4.69, 9.17) is 21.1 Å². The van der Waals surface area contributed by atoms with Gasteiger partial charge in [-0.1, -0.05) is 39.7 Å². The third kappa shape index (κ3) is 5.16. The Morgan fingerprint density at radius 1 is 1.07 bits per heavy atom. The van der Waals surface area contributed by atoms with Gasteiger partial charge in [0, 0.05) is 15.1 Å². The van der Waals surface area contributed by atoms with Gasteiger partial charge in [-0.25, -0.2) is 0 Å². The molecule has 0 aliphatic rings. The lowest BCUT2D eigenvalue weighted by atomic mass is 10.0. The summed E-state index contributed by atoms with van der Waals surface area (Å²) in [4.78, 5) is 0. The molecule has 0 amide bonds. The molecule has 5 heteroatoms. The molecule has 3 aromatic carbocycles. The summed E-state index contributed by atoms with van der Waals surface area (Å²) in [5.74, 6) is 1.40. The van der Waals surface area contributed by atoms with Crippen LogP contribution in [0.1, 0.15) is 16.7 Å². The Bertz CT molecular complexity index is 1020. The Labute approximate surface area is 177 Å². The minimum Gasteiger partial charge on any atom is -0.497 e. The number of methoxy groups -OCH3 is 1. The van der Waals surface area contributed by atoms with E-state index >= 15 is 0 Å². The highest BCUT2D eigenvalue weighted by Crippen LogP contribution is 2.29. The van der Waals surface area contributed by atoms with Crippen molar-refractivity contribution >= 4 is 39.2 Å². The van der Waals surface area contributed by atoms with Gasteiger partial charge < -0.3 is 9.47 Å². The molecule has 0 fully saturated rings. The van der Waals surface area contributed by atoms with Crippen molar-refractivity contribution in [2.45, 2.75) is 6.61 Å². The van der Waals surface area contributed by atoms with Crippen LogP contribution in [0.4, 0.5) is 0 Å². The summed E-state index contributed by atoms with van der Waals surface area (Å²) < 4.78 is 12.2. The number of ether oxygens (including phenoxy) is 2. The molecule has 0 unspecified atom stereocenters. The van der Waals surface area contributed by atoms with Crippen LogP contribution in [0, 0.1) is 11.3 Å². The van der Waals surface area contributed by atoms with Crippen LogP contribution in [0.15, 0.2) is 71.2 Å². The maximum absolute atomic E-state index is 9.63. The first-order valence-corrected chi connectivity index (χ1v) is 9.69. The van der Waals surface area contributed by atoms with Crippen molar-refractivity contribution in [1.82, 2.24) is 0 Å². The molecule has 3 aromatic rings. The summed E-state index contributed by atoms with van der Waals surface area (Å²) in [6.07, 6.45) is 1.78. The lowest BCUT2D eigenvalue weighted by Crippen LogP contribution is -1.97. The monoisotopic (exact) mass is 453 g/mol. The van der Waals surface area contributed by atoms with Gasteiger partial charge in [-0.2, -0.15) is 5.26 Å². The number of allylic oxidation sites excluding steroid dienone is 1. The number of halogens is 2. The molecule has 0 bridgehead atoms. The minimum absolute atomic E-state index is 0.417. The van der Waals surface area contributed by atoms with Gasteiger partial charge in [-0.05, 0) is 71.8 Å². The molecule has 140 valence electrons. The Hall–Kier alpha value is -2.74. The van der Waals surface area contributed by atoms with Crippen LogP contribution in [0.25, 0.3) is 11.6 Å². The molecule has 3 nitrogen and oxygen atoms in total. The van der Waals surface area contributed by atoms with Crippen LogP contribution < -0.4 is 9.47 Å². The molecule has 0 spiro atoms. The van der Waals surface area contributed by atoms with E-state index < -0.39 is 0 Å². The van der Waals surface area contributed by atoms with Crippen molar-refractivity contribution in [1.29, 1.82) is 5.26 Å². The van der Waals surface area contributed by atoms with E-state index in [2.05, 4.69) is 22.0 Å². The third-order valence-electron chi connectivity index (χ3n) is 4.10. The predicted molar refractivity (Wildman–Crippen MR) is 116 cm³/mol. The summed E-state index contributed by atoms with van der Waals surface area (Å²) in [6, 6.07) is 22.9. The molecule has 0 heterocycles. The van der Waals surface area contributed by atoms with Crippen molar-refractivity contribution in [2.24, 2.45) is 0 Å². The van der Waals surface area contributed by atoms with Gasteiger partial charge in [-0.3, -0.25) is 0 Å². The second-order valence-electron chi connectivity index (χ2n) is 6.00. The lowest BCUT2D eigenvalue weighted by Gasteiger charge is -2.11. The SMILES string of the molecule is COc1ccc(/C(C#N)=C/c2cc(Cl)ccc2OCc2ccc(Br)cc2)cc1. The lowest BCUT2D eigenvalue weighted by molar-refractivity contribution is 0.305. The topological polar surface area (TPSA) is 42.2 Å². The molecule has 3 rings (SSSR count). The standard InChI is InChI=1S/C23H17BrClNO2/c1-27-22-9-4-17(5-10-22)19(14-26)12-18-13-21(25)8-11-23(18)28-15-16-2-6-20(24)7-3-16/h2-13H,15H2,1H3/b19-12+. The molecule has 28 heavy (non-hydrogen) atoms. The highest BCUT2D eigenvalue weighted by atomic mass is 79.9. The molecular formula is C23H17BrClNO2. The molecule has 0 aliphatic carbocycles. The molecule has 0 radical (unpaired) electrons. The number of hydrogen-bond donors (Lipinski definition) is 0. The largest absolute Gasteiger partial charge is 0.497 e. The first kappa shape index (κ1) is 20.0. The van der Waals surface area contributed by atoms with Crippen LogP contribution in [-0.4, -0.2) is 7.11 Å². The Balaban J connectivity index is 1.88. The number of rotatable bonds is 6. The van der Waals surface area contributed by atoms with Crippen molar-refractivity contribution in [3.8, 4) is 17.6 Å². The first-order valence-electron chi connectivity index (χ1n) is 8.52. The zero-order valence-electron chi connectivity index (χ0n) is 15.2. The van der Waals surface area contributed by atoms with Crippen LogP contribution in [0.2, 0.25) is 5.02 Å². The quantitative estimate of drug-likeness (QED) is 0.305. The zero-order valence-corrected chi connectivity index (χ0v) is 17.5. The molecular weight excluding hydrogens is 438 g/mol. The van der Waals surface area contributed by atoms with Gasteiger partial charge in [0.1, 0.15) is 18.1 Å². The van der Waals surface area contributed by atoms with Crippen molar-refractivity contribution < 1.29 is 9.47 Å². The number of hydrogen-bond acceptors (Lipinski definition) is 3. The number of nitrogens with zero attached hydrogens (tertiary/aromatic N) is 1. The Morgan fingerprint density at radius 2 is 1.79 bits per heavy atom. The maximum atomic E-state index is 9.63. The molecule has 0 N–H and O–H groups in total. The van der Waals surface area contributed by atoms with Gasteiger partial charge >= 0.3 is 0 Å². The van der Waals surface area contributed by atoms with Gasteiger partial charge in [0.05, 0.1) is 18.8 Å². The summed E-state index contributed by atoms with van der Waals surface area (Å²) in [6.45, 7) is 0.417. The van der Waals surface area contributed by atoms with Gasteiger partial charge in [0.2, 0.25) is 0 Å². The van der Waals surface area contributed by atoms with E-state index in [9.17, 15) is 5.26 Å². The first-order chi connectivity index (χ1) is 13.6. The fourth-order valence-electron chi connectivity index (χ4n) is 2.61. The summed E-state index contributed by atoms with van der Waals surface area (Å²) in [7, 11) is 1.61. The molecule has 0 saturated heterocycles. The van der Waals surface area contributed by atoms with E-state index in [1.807, 2.05) is 54.6 Å². The van der Waals surface area contributed by atoms with Crippen molar-refractivity contribution in [3.05, 3.63) is 92.9 Å². The van der Waals surface area contributed by atoms with E-state index in [0.717, 1.165) is 26.9 Å². The average Bonchev–Trinajstić information content (AvgIpc) is 2.72. The van der Waals surface area contributed by atoms with E-state index in [1.165, 1.54) is 0 Å². The summed E-state index contributed by atoms with van der Waals surface area (Å²) in [5.41, 5.74) is 3.10. The van der Waals surface area contributed by atoms with Gasteiger partial charge in [0.15, 0.2) is 0 Å². The summed E-state index contributed by atoms with van der Waals surface area (Å²) in [5, 5.41) is 10.2. The second-order valence-corrected chi connectivity index (χ2v) is 7.35.